The monoisotopic (exact) mass is 382 g/mol. The third-order valence-electron chi connectivity index (χ3n) is 2.63. The molecule has 2 aromatic carbocycles. The number of hydrogen-bond donors (Lipinski definition) is 2. The van der Waals surface area contributed by atoms with E-state index in [2.05, 4.69) is 37.2 Å². The molecule has 0 saturated heterocycles. The van der Waals surface area contributed by atoms with Crippen molar-refractivity contribution >= 4 is 49.1 Å². The molecule has 2 rings (SSSR count). The Morgan fingerprint density at radius 3 is 2.47 bits per heavy atom. The molecule has 0 aromatic heterocycles. The highest BCUT2D eigenvalue weighted by molar-refractivity contribution is 9.11. The molecule has 98 valence electrons. The first-order valence-corrected chi connectivity index (χ1v) is 7.18. The van der Waals surface area contributed by atoms with Gasteiger partial charge in [0.2, 0.25) is 0 Å². The van der Waals surface area contributed by atoms with Gasteiger partial charge in [-0.3, -0.25) is 4.79 Å². The molecule has 0 bridgehead atoms. The summed E-state index contributed by atoms with van der Waals surface area (Å²) in [6, 6.07) is 10.9. The Morgan fingerprint density at radius 1 is 1.11 bits per heavy atom. The highest BCUT2D eigenvalue weighted by atomic mass is 79.9. The number of benzene rings is 2. The number of anilines is 2. The van der Waals surface area contributed by atoms with Crippen molar-refractivity contribution in [3.63, 3.8) is 0 Å². The molecule has 0 radical (unpaired) electrons. The number of amides is 1. The third kappa shape index (κ3) is 3.36. The maximum atomic E-state index is 12.1. The average molecular weight is 384 g/mol. The summed E-state index contributed by atoms with van der Waals surface area (Å²) in [6.45, 7) is 1.99. The van der Waals surface area contributed by atoms with Gasteiger partial charge in [0.1, 0.15) is 0 Å². The van der Waals surface area contributed by atoms with Crippen molar-refractivity contribution < 1.29 is 4.79 Å². The summed E-state index contributed by atoms with van der Waals surface area (Å²) in [4.78, 5) is 12.1. The van der Waals surface area contributed by atoms with Crippen molar-refractivity contribution in [3.05, 3.63) is 56.5 Å². The second kappa shape index (κ2) is 5.75. The van der Waals surface area contributed by atoms with E-state index in [1.54, 1.807) is 18.2 Å². The van der Waals surface area contributed by atoms with Crippen LogP contribution in [-0.2, 0) is 0 Å². The molecular formula is C14H12Br2N2O. The van der Waals surface area contributed by atoms with Crippen LogP contribution >= 0.6 is 31.9 Å². The highest BCUT2D eigenvalue weighted by Gasteiger charge is 2.09. The fraction of sp³-hybridized carbons (Fsp3) is 0.0714. The highest BCUT2D eigenvalue weighted by Crippen LogP contribution is 2.25. The van der Waals surface area contributed by atoms with Crippen LogP contribution in [-0.4, -0.2) is 5.91 Å². The largest absolute Gasteiger partial charge is 0.398 e. The zero-order chi connectivity index (χ0) is 14.0. The number of halogens is 2. The van der Waals surface area contributed by atoms with Crippen LogP contribution in [0.1, 0.15) is 15.9 Å². The smallest absolute Gasteiger partial charge is 0.255 e. The Kier molecular flexibility index (Phi) is 4.27. The van der Waals surface area contributed by atoms with E-state index in [0.717, 1.165) is 20.2 Å². The van der Waals surface area contributed by atoms with Crippen molar-refractivity contribution in [1.82, 2.24) is 0 Å². The van der Waals surface area contributed by atoms with Crippen LogP contribution in [0.5, 0.6) is 0 Å². The van der Waals surface area contributed by atoms with Gasteiger partial charge >= 0.3 is 0 Å². The Balaban J connectivity index is 2.23. The summed E-state index contributed by atoms with van der Waals surface area (Å²) < 4.78 is 1.63. The van der Waals surface area contributed by atoms with E-state index in [0.29, 0.717) is 11.3 Å². The predicted molar refractivity (Wildman–Crippen MR) is 85.4 cm³/mol. The van der Waals surface area contributed by atoms with Gasteiger partial charge in [0, 0.05) is 20.2 Å². The number of hydrogen-bond acceptors (Lipinski definition) is 2. The van der Waals surface area contributed by atoms with Gasteiger partial charge in [-0.1, -0.05) is 6.07 Å². The molecule has 3 nitrogen and oxygen atoms in total. The normalized spacial score (nSPS) is 10.3. The van der Waals surface area contributed by atoms with Gasteiger partial charge in [-0.05, 0) is 74.7 Å². The van der Waals surface area contributed by atoms with Crippen LogP contribution in [0.4, 0.5) is 11.4 Å². The van der Waals surface area contributed by atoms with Gasteiger partial charge in [0.15, 0.2) is 0 Å². The van der Waals surface area contributed by atoms with Crippen molar-refractivity contribution in [2.75, 3.05) is 11.1 Å². The summed E-state index contributed by atoms with van der Waals surface area (Å²) in [5.41, 5.74) is 8.68. The number of nitrogen functional groups attached to an aromatic ring is 1. The second-order valence-electron chi connectivity index (χ2n) is 4.17. The number of carbonyl (C=O) groups is 1. The van der Waals surface area contributed by atoms with Gasteiger partial charge < -0.3 is 11.1 Å². The van der Waals surface area contributed by atoms with Crippen LogP contribution in [0, 0.1) is 6.92 Å². The SMILES string of the molecule is Cc1ccc(NC(=O)c2ccc(Br)c(N)c2)c(Br)c1. The lowest BCUT2D eigenvalue weighted by Gasteiger charge is -2.09. The summed E-state index contributed by atoms with van der Waals surface area (Å²) in [6.07, 6.45) is 0. The van der Waals surface area contributed by atoms with Gasteiger partial charge in [0.05, 0.1) is 5.69 Å². The van der Waals surface area contributed by atoms with Gasteiger partial charge in [-0.2, -0.15) is 0 Å². The van der Waals surface area contributed by atoms with Crippen LogP contribution in [0.3, 0.4) is 0 Å². The molecule has 3 N–H and O–H groups in total. The first-order valence-electron chi connectivity index (χ1n) is 5.60. The molecule has 0 aliphatic heterocycles. The summed E-state index contributed by atoms with van der Waals surface area (Å²) in [5.74, 6) is -0.191. The van der Waals surface area contributed by atoms with E-state index in [1.807, 2.05) is 25.1 Å². The van der Waals surface area contributed by atoms with E-state index in [-0.39, 0.29) is 5.91 Å². The molecule has 0 heterocycles. The van der Waals surface area contributed by atoms with Crippen molar-refractivity contribution in [3.8, 4) is 0 Å². The van der Waals surface area contributed by atoms with E-state index >= 15 is 0 Å². The average Bonchev–Trinajstić information content (AvgIpc) is 2.36. The van der Waals surface area contributed by atoms with Crippen LogP contribution in [0.2, 0.25) is 0 Å². The fourth-order valence-electron chi connectivity index (χ4n) is 1.60. The third-order valence-corrected chi connectivity index (χ3v) is 4.01. The Morgan fingerprint density at radius 2 is 1.84 bits per heavy atom. The van der Waals surface area contributed by atoms with Crippen LogP contribution < -0.4 is 11.1 Å². The minimum atomic E-state index is -0.191. The van der Waals surface area contributed by atoms with Crippen LogP contribution in [0.15, 0.2) is 45.3 Å². The topological polar surface area (TPSA) is 55.1 Å². The lowest BCUT2D eigenvalue weighted by Crippen LogP contribution is -2.12. The first-order chi connectivity index (χ1) is 8.97. The molecule has 0 unspecified atom stereocenters. The van der Waals surface area contributed by atoms with Gasteiger partial charge in [-0.25, -0.2) is 0 Å². The second-order valence-corrected chi connectivity index (χ2v) is 5.88. The molecule has 0 atom stereocenters. The number of rotatable bonds is 2. The van der Waals surface area contributed by atoms with Crippen molar-refractivity contribution in [1.29, 1.82) is 0 Å². The van der Waals surface area contributed by atoms with Gasteiger partial charge in [0.25, 0.3) is 5.91 Å². The minimum absolute atomic E-state index is 0.191. The standard InChI is InChI=1S/C14H12Br2N2O/c1-8-2-5-13(11(16)6-8)18-14(19)9-3-4-10(15)12(17)7-9/h2-7H,17H2,1H3,(H,18,19). The quantitative estimate of drug-likeness (QED) is 0.757. The van der Waals surface area contributed by atoms with Gasteiger partial charge in [-0.15, -0.1) is 0 Å². The zero-order valence-electron chi connectivity index (χ0n) is 10.2. The molecule has 5 heteroatoms. The van der Waals surface area contributed by atoms with Crippen LogP contribution in [0.25, 0.3) is 0 Å². The first kappa shape index (κ1) is 14.1. The molecule has 0 saturated carbocycles. The molecule has 0 fully saturated rings. The maximum absolute atomic E-state index is 12.1. The number of aryl methyl sites for hydroxylation is 1. The Hall–Kier alpha value is -1.33. The Labute approximate surface area is 128 Å². The molecule has 0 aliphatic rings. The van der Waals surface area contributed by atoms with E-state index in [9.17, 15) is 4.79 Å². The summed E-state index contributed by atoms with van der Waals surface area (Å²) in [5, 5.41) is 2.84. The van der Waals surface area contributed by atoms with E-state index < -0.39 is 0 Å². The lowest BCUT2D eigenvalue weighted by molar-refractivity contribution is 0.102. The Bertz CT molecular complexity index is 641. The predicted octanol–water partition coefficient (Wildman–Crippen LogP) is 4.35. The number of nitrogens with one attached hydrogen (secondary N) is 1. The summed E-state index contributed by atoms with van der Waals surface area (Å²) >= 11 is 6.73. The van der Waals surface area contributed by atoms with Crippen molar-refractivity contribution in [2.45, 2.75) is 6.92 Å². The lowest BCUT2D eigenvalue weighted by atomic mass is 10.1. The molecule has 1 amide bonds. The van der Waals surface area contributed by atoms with E-state index in [4.69, 9.17) is 5.73 Å². The maximum Gasteiger partial charge on any atom is 0.255 e. The van der Waals surface area contributed by atoms with Crippen molar-refractivity contribution in [2.24, 2.45) is 0 Å². The fourth-order valence-corrected chi connectivity index (χ4v) is 2.44. The summed E-state index contributed by atoms with van der Waals surface area (Å²) in [7, 11) is 0. The minimum Gasteiger partial charge on any atom is -0.398 e. The number of nitrogens with two attached hydrogens (primary N) is 1. The van der Waals surface area contributed by atoms with E-state index in [1.165, 1.54) is 0 Å². The number of carbonyl (C=O) groups excluding carboxylic acids is 1. The molecule has 0 aliphatic carbocycles. The molecule has 2 aromatic rings. The molecule has 19 heavy (non-hydrogen) atoms. The molecule has 0 spiro atoms. The zero-order valence-corrected chi connectivity index (χ0v) is 13.4. The molecular weight excluding hydrogens is 372 g/mol.